The van der Waals surface area contributed by atoms with Crippen LogP contribution in [0, 0.1) is 12.7 Å². The van der Waals surface area contributed by atoms with E-state index in [0.717, 1.165) is 11.1 Å². The third kappa shape index (κ3) is 3.67. The summed E-state index contributed by atoms with van der Waals surface area (Å²) >= 11 is 0. The molecule has 6 nitrogen and oxygen atoms in total. The van der Waals surface area contributed by atoms with Crippen LogP contribution < -0.4 is 11.0 Å². The normalized spacial score (nSPS) is 11.0. The number of aromatic nitrogens is 3. The van der Waals surface area contributed by atoms with Gasteiger partial charge < -0.3 is 5.32 Å². The van der Waals surface area contributed by atoms with Gasteiger partial charge in [0.05, 0.1) is 11.2 Å². The van der Waals surface area contributed by atoms with Crippen molar-refractivity contribution in [3.05, 3.63) is 94.3 Å². The van der Waals surface area contributed by atoms with Crippen molar-refractivity contribution >= 4 is 17.1 Å². The van der Waals surface area contributed by atoms with Crippen LogP contribution in [-0.4, -0.2) is 20.0 Å². The summed E-state index contributed by atoms with van der Waals surface area (Å²) in [5, 5.41) is 2.86. The SMILES string of the molecule is Cc1ccccc1CNC(=O)Cn1c(=O)n(-c2ccc(F)cc2)c2ncccc21. The lowest BCUT2D eigenvalue weighted by molar-refractivity contribution is -0.121. The highest BCUT2D eigenvalue weighted by Crippen LogP contribution is 2.16. The Morgan fingerprint density at radius 2 is 1.83 bits per heavy atom. The fraction of sp³-hybridized carbons (Fsp3) is 0.136. The minimum Gasteiger partial charge on any atom is -0.350 e. The molecule has 0 atom stereocenters. The second-order valence-corrected chi connectivity index (χ2v) is 6.73. The molecule has 0 saturated carbocycles. The standard InChI is InChI=1S/C22H19FN4O2/c1-15-5-2-3-6-16(15)13-25-20(28)14-26-19-7-4-12-24-21(19)27(22(26)29)18-10-8-17(23)9-11-18/h2-12H,13-14H2,1H3,(H,25,28). The van der Waals surface area contributed by atoms with E-state index >= 15 is 0 Å². The monoisotopic (exact) mass is 390 g/mol. The van der Waals surface area contributed by atoms with Gasteiger partial charge >= 0.3 is 5.69 Å². The van der Waals surface area contributed by atoms with Gasteiger partial charge in [0.1, 0.15) is 12.4 Å². The van der Waals surface area contributed by atoms with Crippen molar-refractivity contribution in [3.8, 4) is 5.69 Å². The summed E-state index contributed by atoms with van der Waals surface area (Å²) in [4.78, 5) is 29.9. The van der Waals surface area contributed by atoms with Gasteiger partial charge in [-0.25, -0.2) is 18.7 Å². The Kier molecular flexibility index (Phi) is 4.95. The molecule has 0 aliphatic carbocycles. The molecule has 1 amide bonds. The van der Waals surface area contributed by atoms with Gasteiger partial charge in [-0.2, -0.15) is 0 Å². The first kappa shape index (κ1) is 18.6. The van der Waals surface area contributed by atoms with Crippen LogP contribution in [-0.2, 0) is 17.9 Å². The van der Waals surface area contributed by atoms with Crippen LogP contribution in [0.1, 0.15) is 11.1 Å². The van der Waals surface area contributed by atoms with Crippen molar-refractivity contribution in [3.63, 3.8) is 0 Å². The Balaban J connectivity index is 1.65. The fourth-order valence-corrected chi connectivity index (χ4v) is 3.26. The van der Waals surface area contributed by atoms with Gasteiger partial charge in [0.2, 0.25) is 5.91 Å². The zero-order valence-electron chi connectivity index (χ0n) is 15.8. The maximum absolute atomic E-state index is 13.3. The van der Waals surface area contributed by atoms with Crippen molar-refractivity contribution in [2.24, 2.45) is 0 Å². The minimum atomic E-state index is -0.406. The van der Waals surface area contributed by atoms with E-state index in [1.54, 1.807) is 18.3 Å². The Hall–Kier alpha value is -3.74. The number of nitrogens with zero attached hydrogens (tertiary/aromatic N) is 3. The van der Waals surface area contributed by atoms with E-state index in [4.69, 9.17) is 0 Å². The van der Waals surface area contributed by atoms with Crippen LogP contribution in [0.15, 0.2) is 71.7 Å². The molecule has 0 saturated heterocycles. The number of rotatable bonds is 5. The highest BCUT2D eigenvalue weighted by Gasteiger charge is 2.17. The van der Waals surface area contributed by atoms with Gasteiger partial charge in [-0.3, -0.25) is 9.36 Å². The molecule has 0 aliphatic heterocycles. The van der Waals surface area contributed by atoms with Crippen molar-refractivity contribution in [1.82, 2.24) is 19.4 Å². The lowest BCUT2D eigenvalue weighted by Crippen LogP contribution is -2.32. The van der Waals surface area contributed by atoms with Gasteiger partial charge in [0.15, 0.2) is 5.65 Å². The predicted octanol–water partition coefficient (Wildman–Crippen LogP) is 2.95. The van der Waals surface area contributed by atoms with Crippen LogP contribution in [0.5, 0.6) is 0 Å². The number of halogens is 1. The molecule has 0 bridgehead atoms. The molecule has 4 aromatic rings. The van der Waals surface area contributed by atoms with Gasteiger partial charge in [0, 0.05) is 12.7 Å². The first-order valence-electron chi connectivity index (χ1n) is 9.18. The number of hydrogen-bond acceptors (Lipinski definition) is 3. The zero-order valence-corrected chi connectivity index (χ0v) is 15.8. The molecule has 1 N–H and O–H groups in total. The van der Waals surface area contributed by atoms with Crippen molar-refractivity contribution in [2.45, 2.75) is 20.0 Å². The number of carbonyl (C=O) groups excluding carboxylic acids is 1. The summed E-state index contributed by atoms with van der Waals surface area (Å²) in [6, 6.07) is 16.8. The zero-order chi connectivity index (χ0) is 20.4. The summed E-state index contributed by atoms with van der Waals surface area (Å²) < 4.78 is 16.0. The summed E-state index contributed by atoms with van der Waals surface area (Å²) in [5.74, 6) is -0.675. The Labute approximate surface area is 166 Å². The first-order valence-corrected chi connectivity index (χ1v) is 9.18. The molecule has 0 radical (unpaired) electrons. The quantitative estimate of drug-likeness (QED) is 0.570. The van der Waals surface area contributed by atoms with Crippen molar-refractivity contribution < 1.29 is 9.18 Å². The third-order valence-electron chi connectivity index (χ3n) is 4.81. The van der Waals surface area contributed by atoms with Crippen LogP contribution in [0.25, 0.3) is 16.9 Å². The van der Waals surface area contributed by atoms with Crippen molar-refractivity contribution in [2.75, 3.05) is 0 Å². The first-order chi connectivity index (χ1) is 14.0. The van der Waals surface area contributed by atoms with Crippen LogP contribution >= 0.6 is 0 Å². The van der Waals surface area contributed by atoms with E-state index in [9.17, 15) is 14.0 Å². The lowest BCUT2D eigenvalue weighted by Gasteiger charge is -2.08. The average Bonchev–Trinajstić information content (AvgIpc) is 3.00. The molecular formula is C22H19FN4O2. The van der Waals surface area contributed by atoms with E-state index in [-0.39, 0.29) is 12.5 Å². The summed E-state index contributed by atoms with van der Waals surface area (Å²) in [6.07, 6.45) is 1.57. The molecule has 0 unspecified atom stereocenters. The molecular weight excluding hydrogens is 371 g/mol. The second kappa shape index (κ2) is 7.71. The maximum atomic E-state index is 13.3. The minimum absolute atomic E-state index is 0.138. The summed E-state index contributed by atoms with van der Waals surface area (Å²) in [6.45, 7) is 2.23. The summed E-state index contributed by atoms with van der Waals surface area (Å²) in [5.41, 5.74) is 3.13. The van der Waals surface area contributed by atoms with Gasteiger partial charge in [0.25, 0.3) is 0 Å². The number of carbonyl (C=O) groups is 1. The van der Waals surface area contributed by atoms with E-state index < -0.39 is 11.5 Å². The molecule has 4 rings (SSSR count). The molecule has 0 fully saturated rings. The smallest absolute Gasteiger partial charge is 0.335 e. The van der Waals surface area contributed by atoms with E-state index in [2.05, 4.69) is 10.3 Å². The fourth-order valence-electron chi connectivity index (χ4n) is 3.26. The molecule has 7 heteroatoms. The molecule has 2 aromatic heterocycles. The molecule has 0 spiro atoms. The summed E-state index contributed by atoms with van der Waals surface area (Å²) in [7, 11) is 0. The lowest BCUT2D eigenvalue weighted by atomic mass is 10.1. The van der Waals surface area contributed by atoms with Crippen LogP contribution in [0.3, 0.4) is 0 Å². The highest BCUT2D eigenvalue weighted by atomic mass is 19.1. The highest BCUT2D eigenvalue weighted by molar-refractivity contribution is 5.80. The topological polar surface area (TPSA) is 68.9 Å². The Morgan fingerprint density at radius 3 is 2.59 bits per heavy atom. The van der Waals surface area contributed by atoms with Crippen LogP contribution in [0.2, 0.25) is 0 Å². The van der Waals surface area contributed by atoms with Gasteiger partial charge in [-0.15, -0.1) is 0 Å². The van der Waals surface area contributed by atoms with E-state index in [0.29, 0.717) is 23.4 Å². The average molecular weight is 390 g/mol. The maximum Gasteiger partial charge on any atom is 0.335 e. The number of benzene rings is 2. The third-order valence-corrected chi connectivity index (χ3v) is 4.81. The molecule has 2 heterocycles. The predicted molar refractivity (Wildman–Crippen MR) is 108 cm³/mol. The molecule has 146 valence electrons. The number of imidazole rings is 1. The number of nitrogens with one attached hydrogen (secondary N) is 1. The Morgan fingerprint density at radius 1 is 1.07 bits per heavy atom. The number of amides is 1. The molecule has 29 heavy (non-hydrogen) atoms. The number of hydrogen-bond donors (Lipinski definition) is 1. The van der Waals surface area contributed by atoms with Gasteiger partial charge in [-0.05, 0) is 54.4 Å². The van der Waals surface area contributed by atoms with Crippen molar-refractivity contribution in [1.29, 1.82) is 0 Å². The number of fused-ring (bicyclic) bond motifs is 1. The number of pyridine rings is 1. The van der Waals surface area contributed by atoms with Crippen LogP contribution in [0.4, 0.5) is 4.39 Å². The molecule has 0 aliphatic rings. The molecule has 2 aromatic carbocycles. The van der Waals surface area contributed by atoms with E-state index in [1.165, 1.54) is 33.4 Å². The second-order valence-electron chi connectivity index (χ2n) is 6.73. The van der Waals surface area contributed by atoms with E-state index in [1.807, 2.05) is 31.2 Å². The van der Waals surface area contributed by atoms with Gasteiger partial charge in [-0.1, -0.05) is 24.3 Å². The number of aryl methyl sites for hydroxylation is 1. The largest absolute Gasteiger partial charge is 0.350 e. The Bertz CT molecular complexity index is 1240.